The summed E-state index contributed by atoms with van der Waals surface area (Å²) in [6.45, 7) is 1.72. The van der Waals surface area contributed by atoms with Gasteiger partial charge in [0.25, 0.3) is 0 Å². The highest BCUT2D eigenvalue weighted by Gasteiger charge is 2.52. The maximum absolute atomic E-state index is 14.6. The first-order chi connectivity index (χ1) is 11.1. The molecular formula is C18H14BF2NO. The minimum atomic E-state index is -4.17. The standard InChI is InChI=1S/C18H14BF2NO/c1-13-18-16-10-6-5-7-14(16)11-12-17(18)23-19(20,21)22(13)15-8-3-2-4-9-15/h2-12H,1H3. The van der Waals surface area contributed by atoms with Gasteiger partial charge in [0.2, 0.25) is 0 Å². The molecule has 3 aromatic carbocycles. The third kappa shape index (κ3) is 2.12. The Bertz CT molecular complexity index is 938. The highest BCUT2D eigenvalue weighted by Crippen LogP contribution is 2.37. The Kier molecular flexibility index (Phi) is 2.98. The van der Waals surface area contributed by atoms with Gasteiger partial charge in [-0.2, -0.15) is 0 Å². The molecule has 0 aliphatic carbocycles. The second-order valence-electron chi connectivity index (χ2n) is 5.63. The summed E-state index contributed by atoms with van der Waals surface area (Å²) in [5.74, 6) is 0.235. The zero-order chi connectivity index (χ0) is 16.0. The molecule has 0 saturated carbocycles. The molecule has 3 aromatic rings. The predicted molar refractivity (Wildman–Crippen MR) is 88.7 cm³/mol. The van der Waals surface area contributed by atoms with Crippen LogP contribution in [-0.4, -0.2) is 17.2 Å². The Morgan fingerprint density at radius 2 is 1.57 bits per heavy atom. The van der Waals surface area contributed by atoms with Crippen molar-refractivity contribution in [1.82, 2.24) is 0 Å². The van der Waals surface area contributed by atoms with E-state index in [-0.39, 0.29) is 5.75 Å². The highest BCUT2D eigenvalue weighted by atomic mass is 19.3. The third-order valence-electron chi connectivity index (χ3n) is 4.22. The van der Waals surface area contributed by atoms with Crippen LogP contribution in [0.15, 0.2) is 66.7 Å². The van der Waals surface area contributed by atoms with Gasteiger partial charge >= 0.3 is 7.04 Å². The van der Waals surface area contributed by atoms with E-state index in [2.05, 4.69) is 0 Å². The lowest BCUT2D eigenvalue weighted by molar-refractivity contribution is -0.349. The van der Waals surface area contributed by atoms with E-state index in [0.717, 1.165) is 20.8 Å². The molecule has 0 spiro atoms. The lowest BCUT2D eigenvalue weighted by Gasteiger charge is -2.31. The molecule has 0 bridgehead atoms. The van der Waals surface area contributed by atoms with E-state index < -0.39 is 7.04 Å². The summed E-state index contributed by atoms with van der Waals surface area (Å²) in [6, 6.07) is 19.8. The van der Waals surface area contributed by atoms with Crippen LogP contribution < -0.4 is 4.65 Å². The van der Waals surface area contributed by atoms with Crippen molar-refractivity contribution in [2.45, 2.75) is 6.92 Å². The molecule has 0 atom stereocenters. The SMILES string of the molecule is CC1=[N+](c2ccccc2)[B-](F)(F)Oc2ccc3ccccc3c21. The summed E-state index contributed by atoms with van der Waals surface area (Å²) in [5.41, 5.74) is 1.65. The van der Waals surface area contributed by atoms with Crippen molar-refractivity contribution in [2.75, 3.05) is 0 Å². The molecule has 1 heterocycles. The van der Waals surface area contributed by atoms with Crippen LogP contribution in [0.5, 0.6) is 5.75 Å². The van der Waals surface area contributed by atoms with E-state index in [0.29, 0.717) is 11.4 Å². The molecule has 0 N–H and O–H groups in total. The Balaban J connectivity index is 2.08. The number of hydrogen-bond acceptors (Lipinski definition) is 1. The monoisotopic (exact) mass is 309 g/mol. The van der Waals surface area contributed by atoms with E-state index >= 15 is 0 Å². The Hall–Kier alpha value is -2.69. The van der Waals surface area contributed by atoms with Crippen molar-refractivity contribution >= 4 is 29.2 Å². The van der Waals surface area contributed by atoms with Crippen LogP contribution in [0.1, 0.15) is 12.5 Å². The van der Waals surface area contributed by atoms with Crippen LogP contribution in [-0.2, 0) is 0 Å². The minimum absolute atomic E-state index is 0.235. The van der Waals surface area contributed by atoms with Gasteiger partial charge in [0.15, 0.2) is 5.69 Å². The van der Waals surface area contributed by atoms with Gasteiger partial charge in [-0.15, -0.1) is 0 Å². The number of fused-ring (bicyclic) bond motifs is 3. The fourth-order valence-electron chi connectivity index (χ4n) is 3.23. The number of hydrogen-bond donors (Lipinski definition) is 0. The van der Waals surface area contributed by atoms with E-state index in [1.165, 1.54) is 0 Å². The summed E-state index contributed by atoms with van der Waals surface area (Å²) < 4.78 is 35.4. The Morgan fingerprint density at radius 1 is 0.870 bits per heavy atom. The van der Waals surface area contributed by atoms with Crippen molar-refractivity contribution in [3.8, 4) is 5.75 Å². The second kappa shape index (κ2) is 4.91. The Labute approximate surface area is 132 Å². The smallest absolute Gasteiger partial charge is 0.599 e. The van der Waals surface area contributed by atoms with Gasteiger partial charge < -0.3 is 17.8 Å². The summed E-state index contributed by atoms with van der Waals surface area (Å²) in [5, 5.41) is 1.91. The van der Waals surface area contributed by atoms with Gasteiger partial charge in [0.05, 0.1) is 11.3 Å². The van der Waals surface area contributed by atoms with Gasteiger partial charge in [-0.05, 0) is 16.8 Å². The molecule has 4 rings (SSSR count). The fraction of sp³-hybridized carbons (Fsp3) is 0.0556. The molecule has 0 unspecified atom stereocenters. The fourth-order valence-corrected chi connectivity index (χ4v) is 3.23. The summed E-state index contributed by atoms with van der Waals surface area (Å²) in [6.07, 6.45) is 0. The molecular weight excluding hydrogens is 295 g/mol. The predicted octanol–water partition coefficient (Wildman–Crippen LogP) is 4.76. The second-order valence-corrected chi connectivity index (χ2v) is 5.63. The average molecular weight is 309 g/mol. The van der Waals surface area contributed by atoms with Crippen LogP contribution in [0, 0.1) is 0 Å². The third-order valence-corrected chi connectivity index (χ3v) is 4.22. The molecule has 5 heteroatoms. The maximum Gasteiger partial charge on any atom is 0.834 e. The van der Waals surface area contributed by atoms with E-state index in [1.807, 2.05) is 30.3 Å². The van der Waals surface area contributed by atoms with Crippen LogP contribution in [0.3, 0.4) is 0 Å². The molecule has 0 saturated heterocycles. The molecule has 0 amide bonds. The highest BCUT2D eigenvalue weighted by molar-refractivity contribution is 6.53. The molecule has 0 radical (unpaired) electrons. The molecule has 0 aromatic heterocycles. The molecule has 23 heavy (non-hydrogen) atoms. The van der Waals surface area contributed by atoms with E-state index in [4.69, 9.17) is 4.65 Å². The lowest BCUT2D eigenvalue weighted by Crippen LogP contribution is -2.49. The first-order valence-electron chi connectivity index (χ1n) is 7.48. The quantitative estimate of drug-likeness (QED) is 0.590. The van der Waals surface area contributed by atoms with Gasteiger partial charge in [-0.3, -0.25) is 0 Å². The normalized spacial score (nSPS) is 16.1. The lowest BCUT2D eigenvalue weighted by atomic mass is 9.91. The molecule has 0 fully saturated rings. The molecule has 114 valence electrons. The van der Waals surface area contributed by atoms with Gasteiger partial charge in [-0.1, -0.05) is 48.5 Å². The first kappa shape index (κ1) is 13.9. The number of benzene rings is 3. The van der Waals surface area contributed by atoms with Gasteiger partial charge in [0, 0.05) is 19.1 Å². The van der Waals surface area contributed by atoms with Crippen molar-refractivity contribution in [2.24, 2.45) is 0 Å². The zero-order valence-electron chi connectivity index (χ0n) is 12.5. The summed E-state index contributed by atoms with van der Waals surface area (Å²) in [4.78, 5) is 0. The summed E-state index contributed by atoms with van der Waals surface area (Å²) >= 11 is 0. The van der Waals surface area contributed by atoms with Crippen LogP contribution in [0.25, 0.3) is 10.8 Å². The molecule has 2 nitrogen and oxygen atoms in total. The van der Waals surface area contributed by atoms with Crippen LogP contribution in [0.4, 0.5) is 14.3 Å². The number of rotatable bonds is 1. The van der Waals surface area contributed by atoms with E-state index in [9.17, 15) is 8.63 Å². The minimum Gasteiger partial charge on any atom is -0.599 e. The van der Waals surface area contributed by atoms with Crippen LogP contribution in [0.2, 0.25) is 0 Å². The van der Waals surface area contributed by atoms with Gasteiger partial charge in [0.1, 0.15) is 5.71 Å². The van der Waals surface area contributed by atoms with Crippen molar-refractivity contribution in [3.05, 3.63) is 72.3 Å². The number of para-hydroxylation sites is 1. The van der Waals surface area contributed by atoms with Crippen molar-refractivity contribution < 1.29 is 17.8 Å². The largest absolute Gasteiger partial charge is 0.834 e. The molecule has 1 aliphatic heterocycles. The maximum atomic E-state index is 14.6. The molecule has 1 aliphatic rings. The topological polar surface area (TPSA) is 12.2 Å². The van der Waals surface area contributed by atoms with Gasteiger partial charge in [-0.25, -0.2) is 0 Å². The van der Waals surface area contributed by atoms with Crippen molar-refractivity contribution in [1.29, 1.82) is 0 Å². The Morgan fingerprint density at radius 3 is 2.35 bits per heavy atom. The van der Waals surface area contributed by atoms with Crippen molar-refractivity contribution in [3.63, 3.8) is 0 Å². The first-order valence-corrected chi connectivity index (χ1v) is 7.48. The van der Waals surface area contributed by atoms with E-state index in [1.54, 1.807) is 43.3 Å². The van der Waals surface area contributed by atoms with Crippen LogP contribution >= 0.6 is 0 Å². The average Bonchev–Trinajstić information content (AvgIpc) is 2.54. The number of nitrogens with zero attached hydrogens (tertiary/aromatic N) is 1. The zero-order valence-corrected chi connectivity index (χ0v) is 12.5. The summed E-state index contributed by atoms with van der Waals surface area (Å²) in [7, 11) is -4.17. The number of halogens is 2.